The van der Waals surface area contributed by atoms with Crippen molar-refractivity contribution < 1.29 is 19.5 Å². The Balaban J connectivity index is 2.74. The number of nitrogens with zero attached hydrogens (tertiary/aromatic N) is 1. The monoisotopic (exact) mass is 257 g/mol. The van der Waals surface area contributed by atoms with Crippen LogP contribution < -0.4 is 10.6 Å². The third kappa shape index (κ3) is 3.19. The molecular formula is C11H19N3O4. The summed E-state index contributed by atoms with van der Waals surface area (Å²) in [4.78, 5) is 36.1. The Hall–Kier alpha value is -1.63. The van der Waals surface area contributed by atoms with Crippen LogP contribution in [0.1, 0.15) is 19.8 Å². The summed E-state index contributed by atoms with van der Waals surface area (Å²) in [5.74, 6) is -1.03. The molecule has 1 rings (SSSR count). The number of aliphatic hydroxyl groups is 1. The summed E-state index contributed by atoms with van der Waals surface area (Å²) < 4.78 is 0. The number of aliphatic hydroxyl groups excluding tert-OH is 1. The molecule has 7 nitrogen and oxygen atoms in total. The highest BCUT2D eigenvalue weighted by molar-refractivity contribution is 5.92. The van der Waals surface area contributed by atoms with E-state index in [0.717, 1.165) is 6.42 Å². The number of hydrogen-bond acceptors (Lipinski definition) is 4. The minimum absolute atomic E-state index is 0.222. The van der Waals surface area contributed by atoms with Crippen LogP contribution in [0.5, 0.6) is 0 Å². The fourth-order valence-corrected chi connectivity index (χ4v) is 2.10. The molecule has 3 amide bonds. The summed E-state index contributed by atoms with van der Waals surface area (Å²) in [6.45, 7) is 1.26. The summed E-state index contributed by atoms with van der Waals surface area (Å²) in [5, 5.41) is 14.0. The van der Waals surface area contributed by atoms with Gasteiger partial charge in [0, 0.05) is 20.5 Å². The summed E-state index contributed by atoms with van der Waals surface area (Å²) in [6.07, 6.45) is 1.34. The van der Waals surface area contributed by atoms with E-state index in [-0.39, 0.29) is 5.91 Å². The number of amides is 3. The van der Waals surface area contributed by atoms with Crippen LogP contribution in [0.2, 0.25) is 0 Å². The van der Waals surface area contributed by atoms with Crippen LogP contribution >= 0.6 is 0 Å². The number of likely N-dealkylation sites (N-methyl/N-ethyl adjacent to an activating group) is 1. The van der Waals surface area contributed by atoms with Crippen LogP contribution in [-0.4, -0.2) is 60.0 Å². The van der Waals surface area contributed by atoms with Gasteiger partial charge in [0.2, 0.25) is 17.7 Å². The Morgan fingerprint density at radius 2 is 2.11 bits per heavy atom. The highest BCUT2D eigenvalue weighted by atomic mass is 16.3. The van der Waals surface area contributed by atoms with E-state index in [1.807, 2.05) is 0 Å². The summed E-state index contributed by atoms with van der Waals surface area (Å²) >= 11 is 0. The van der Waals surface area contributed by atoms with E-state index >= 15 is 0 Å². The largest absolute Gasteiger partial charge is 0.394 e. The summed E-state index contributed by atoms with van der Waals surface area (Å²) in [5.41, 5.74) is 0. The van der Waals surface area contributed by atoms with Gasteiger partial charge in [0.15, 0.2) is 0 Å². The van der Waals surface area contributed by atoms with Crippen molar-refractivity contribution >= 4 is 17.7 Å². The molecule has 0 aliphatic carbocycles. The number of rotatable bonds is 4. The highest BCUT2D eigenvalue weighted by Crippen LogP contribution is 2.18. The first-order valence-corrected chi connectivity index (χ1v) is 5.91. The zero-order valence-electron chi connectivity index (χ0n) is 10.6. The van der Waals surface area contributed by atoms with E-state index in [4.69, 9.17) is 5.11 Å². The van der Waals surface area contributed by atoms with Crippen LogP contribution in [0, 0.1) is 0 Å². The molecule has 0 unspecified atom stereocenters. The van der Waals surface area contributed by atoms with Gasteiger partial charge in [-0.15, -0.1) is 0 Å². The van der Waals surface area contributed by atoms with Gasteiger partial charge in [-0.1, -0.05) is 0 Å². The standard InChI is InChI=1S/C11H19N3O4/c1-7(16)13-8(6-15)11(18)14-5-3-4-9(14)10(17)12-2/h8-9,15H,3-6H2,1-2H3,(H,12,17)(H,13,16)/t8-,9-/m0/s1. The Morgan fingerprint density at radius 3 is 2.61 bits per heavy atom. The van der Waals surface area contributed by atoms with Gasteiger partial charge in [-0.3, -0.25) is 14.4 Å². The van der Waals surface area contributed by atoms with E-state index in [9.17, 15) is 14.4 Å². The predicted molar refractivity (Wildman–Crippen MR) is 63.5 cm³/mol. The van der Waals surface area contributed by atoms with Crippen molar-refractivity contribution in [3.8, 4) is 0 Å². The predicted octanol–water partition coefficient (Wildman–Crippen LogP) is -1.78. The highest BCUT2D eigenvalue weighted by Gasteiger charge is 2.36. The molecule has 1 saturated heterocycles. The van der Waals surface area contributed by atoms with Crippen molar-refractivity contribution in [3.63, 3.8) is 0 Å². The first-order chi connectivity index (χ1) is 8.51. The fraction of sp³-hybridized carbons (Fsp3) is 0.727. The first-order valence-electron chi connectivity index (χ1n) is 5.91. The molecule has 0 bridgehead atoms. The quantitative estimate of drug-likeness (QED) is 0.554. The number of carbonyl (C=O) groups is 3. The second kappa shape index (κ2) is 6.34. The van der Waals surface area contributed by atoms with Crippen molar-refractivity contribution in [2.45, 2.75) is 31.8 Å². The van der Waals surface area contributed by atoms with Crippen molar-refractivity contribution in [3.05, 3.63) is 0 Å². The third-order valence-corrected chi connectivity index (χ3v) is 2.94. The molecular weight excluding hydrogens is 238 g/mol. The topological polar surface area (TPSA) is 98.7 Å². The van der Waals surface area contributed by atoms with Gasteiger partial charge in [0.25, 0.3) is 0 Å². The van der Waals surface area contributed by atoms with E-state index < -0.39 is 30.5 Å². The van der Waals surface area contributed by atoms with Gasteiger partial charge in [-0.05, 0) is 12.8 Å². The van der Waals surface area contributed by atoms with Crippen molar-refractivity contribution in [2.75, 3.05) is 20.2 Å². The molecule has 3 N–H and O–H groups in total. The minimum atomic E-state index is -0.979. The van der Waals surface area contributed by atoms with Gasteiger partial charge >= 0.3 is 0 Å². The molecule has 1 heterocycles. The average Bonchev–Trinajstić information content (AvgIpc) is 2.82. The average molecular weight is 257 g/mol. The Kier molecular flexibility index (Phi) is 5.08. The summed E-state index contributed by atoms with van der Waals surface area (Å²) in [6, 6.07) is -1.49. The zero-order chi connectivity index (χ0) is 13.7. The maximum absolute atomic E-state index is 12.1. The van der Waals surface area contributed by atoms with E-state index in [1.54, 1.807) is 0 Å². The molecule has 102 valence electrons. The van der Waals surface area contributed by atoms with Gasteiger partial charge in [0.1, 0.15) is 12.1 Å². The SMILES string of the molecule is CNC(=O)[C@@H]1CCCN1C(=O)[C@H](CO)NC(C)=O. The van der Waals surface area contributed by atoms with Crippen LogP contribution in [0.3, 0.4) is 0 Å². The van der Waals surface area contributed by atoms with Crippen molar-refractivity contribution in [1.82, 2.24) is 15.5 Å². The lowest BCUT2D eigenvalue weighted by Crippen LogP contribution is -2.54. The van der Waals surface area contributed by atoms with E-state index in [2.05, 4.69) is 10.6 Å². The van der Waals surface area contributed by atoms with Gasteiger partial charge < -0.3 is 20.6 Å². The molecule has 2 atom stereocenters. The van der Waals surface area contributed by atoms with Gasteiger partial charge in [-0.2, -0.15) is 0 Å². The second-order valence-electron chi connectivity index (χ2n) is 4.24. The Morgan fingerprint density at radius 1 is 1.44 bits per heavy atom. The molecule has 0 radical (unpaired) electrons. The molecule has 1 aliphatic heterocycles. The molecule has 1 aliphatic rings. The number of likely N-dealkylation sites (tertiary alicyclic amines) is 1. The van der Waals surface area contributed by atoms with Crippen molar-refractivity contribution in [2.24, 2.45) is 0 Å². The van der Waals surface area contributed by atoms with Gasteiger partial charge in [0.05, 0.1) is 6.61 Å². The van der Waals surface area contributed by atoms with Crippen LogP contribution in [0.4, 0.5) is 0 Å². The third-order valence-electron chi connectivity index (χ3n) is 2.94. The summed E-state index contributed by atoms with van der Waals surface area (Å²) in [7, 11) is 1.51. The van der Waals surface area contributed by atoms with Crippen LogP contribution in [0.15, 0.2) is 0 Å². The van der Waals surface area contributed by atoms with Gasteiger partial charge in [-0.25, -0.2) is 0 Å². The normalized spacial score (nSPS) is 20.4. The van der Waals surface area contributed by atoms with Crippen LogP contribution in [-0.2, 0) is 14.4 Å². The minimum Gasteiger partial charge on any atom is -0.394 e. The molecule has 7 heteroatoms. The van der Waals surface area contributed by atoms with Crippen molar-refractivity contribution in [1.29, 1.82) is 0 Å². The molecule has 1 fully saturated rings. The Labute approximate surface area is 106 Å². The lowest BCUT2D eigenvalue weighted by molar-refractivity contribution is -0.142. The number of hydrogen-bond donors (Lipinski definition) is 3. The fourth-order valence-electron chi connectivity index (χ4n) is 2.10. The lowest BCUT2D eigenvalue weighted by Gasteiger charge is -2.27. The smallest absolute Gasteiger partial charge is 0.248 e. The maximum atomic E-state index is 12.1. The van der Waals surface area contributed by atoms with E-state index in [1.165, 1.54) is 18.9 Å². The Bertz CT molecular complexity index is 345. The molecule has 0 aromatic carbocycles. The lowest BCUT2D eigenvalue weighted by atomic mass is 10.2. The molecule has 0 spiro atoms. The molecule has 0 aromatic rings. The zero-order valence-corrected chi connectivity index (χ0v) is 10.6. The van der Waals surface area contributed by atoms with E-state index in [0.29, 0.717) is 13.0 Å². The molecule has 0 aromatic heterocycles. The number of nitrogens with one attached hydrogen (secondary N) is 2. The molecule has 0 saturated carbocycles. The maximum Gasteiger partial charge on any atom is 0.248 e. The van der Waals surface area contributed by atoms with Crippen LogP contribution in [0.25, 0.3) is 0 Å². The molecule has 18 heavy (non-hydrogen) atoms. The number of carbonyl (C=O) groups excluding carboxylic acids is 3. The first kappa shape index (κ1) is 14.4. The second-order valence-corrected chi connectivity index (χ2v) is 4.24.